The zero-order valence-corrected chi connectivity index (χ0v) is 15.4. The molecule has 0 N–H and O–H groups in total. The van der Waals surface area contributed by atoms with Gasteiger partial charge in [0.1, 0.15) is 0 Å². The monoisotopic (exact) mass is 419 g/mol. The number of carbonyl (C=O) groups excluding carboxylic acids is 1. The smallest absolute Gasteiger partial charge is 0.372 e. The number of aldehydes is 1. The van der Waals surface area contributed by atoms with Gasteiger partial charge in [0.15, 0.2) is 12.0 Å². The molecule has 5 nitrogen and oxygen atoms in total. The van der Waals surface area contributed by atoms with Crippen LogP contribution in [0, 0.1) is 13.8 Å². The number of halogens is 6. The summed E-state index contributed by atoms with van der Waals surface area (Å²) < 4.78 is 81.3. The summed E-state index contributed by atoms with van der Waals surface area (Å²) in [6.45, 7) is 3.23. The van der Waals surface area contributed by atoms with Gasteiger partial charge < -0.3 is 4.84 Å². The molecular weight excluding hydrogens is 404 g/mol. The number of aryl methyl sites for hydroxylation is 3. The van der Waals surface area contributed by atoms with Crippen LogP contribution in [0.5, 0.6) is 0 Å². The lowest BCUT2D eigenvalue weighted by Crippen LogP contribution is -2.44. The molecule has 1 atom stereocenters. The third kappa shape index (κ3) is 3.38. The minimum Gasteiger partial charge on any atom is -0.372 e. The van der Waals surface area contributed by atoms with Gasteiger partial charge in [-0.3, -0.25) is 9.48 Å². The van der Waals surface area contributed by atoms with E-state index in [-0.39, 0.29) is 11.3 Å². The number of rotatable bonds is 3. The largest absolute Gasteiger partial charge is 0.437 e. The van der Waals surface area contributed by atoms with Crippen molar-refractivity contribution >= 4 is 12.0 Å². The molecule has 0 bridgehead atoms. The van der Waals surface area contributed by atoms with Crippen LogP contribution in [0.4, 0.5) is 26.3 Å². The first-order valence-corrected chi connectivity index (χ1v) is 8.30. The lowest BCUT2D eigenvalue weighted by atomic mass is 9.88. The molecule has 0 saturated heterocycles. The molecule has 0 amide bonds. The molecule has 2 aromatic rings. The second-order valence-electron chi connectivity index (χ2n) is 6.81. The Morgan fingerprint density at radius 3 is 2.14 bits per heavy atom. The Kier molecular flexibility index (Phi) is 4.75. The van der Waals surface area contributed by atoms with E-state index in [0.29, 0.717) is 33.7 Å². The van der Waals surface area contributed by atoms with Crippen LogP contribution in [0.15, 0.2) is 23.4 Å². The molecule has 1 aromatic heterocycles. The van der Waals surface area contributed by atoms with Gasteiger partial charge in [-0.1, -0.05) is 5.16 Å². The SMILES string of the molecule is Cc1cc(C2=NOC(c3cc(C(F)(F)F)nn3C)(C(F)(F)F)C2)cc(C)c1C=O. The van der Waals surface area contributed by atoms with Gasteiger partial charge in [0.05, 0.1) is 17.8 Å². The van der Waals surface area contributed by atoms with Gasteiger partial charge in [0, 0.05) is 18.2 Å². The van der Waals surface area contributed by atoms with Crippen molar-refractivity contribution in [2.45, 2.75) is 38.2 Å². The Bertz CT molecular complexity index is 983. The minimum atomic E-state index is -5.07. The molecule has 2 heterocycles. The van der Waals surface area contributed by atoms with Crippen molar-refractivity contribution in [3.63, 3.8) is 0 Å². The zero-order valence-electron chi connectivity index (χ0n) is 15.4. The van der Waals surface area contributed by atoms with Crippen molar-refractivity contribution in [1.29, 1.82) is 0 Å². The summed E-state index contributed by atoms with van der Waals surface area (Å²) in [5.74, 6) is 0. The standard InChI is InChI=1S/C18H15F6N3O2/c1-9-4-11(5-10(2)12(9)8-28)13-7-16(29-26-13,18(22,23)24)15-6-14(17(19,20)21)25-27(15)3/h4-6,8H,7H2,1-3H3. The second-order valence-corrected chi connectivity index (χ2v) is 6.81. The molecule has 1 aliphatic rings. The van der Waals surface area contributed by atoms with Gasteiger partial charge in [-0.25, -0.2) is 0 Å². The van der Waals surface area contributed by atoms with Crippen LogP contribution in [0.3, 0.4) is 0 Å². The Hall–Kier alpha value is -2.85. The van der Waals surface area contributed by atoms with E-state index in [9.17, 15) is 31.1 Å². The van der Waals surface area contributed by atoms with Gasteiger partial charge in [-0.2, -0.15) is 31.4 Å². The molecule has 11 heteroatoms. The van der Waals surface area contributed by atoms with Crippen molar-refractivity contribution in [2.75, 3.05) is 0 Å². The van der Waals surface area contributed by atoms with Crippen LogP contribution < -0.4 is 0 Å². The highest BCUT2D eigenvalue weighted by Crippen LogP contribution is 2.49. The van der Waals surface area contributed by atoms with E-state index in [2.05, 4.69) is 10.3 Å². The highest BCUT2D eigenvalue weighted by atomic mass is 19.4. The number of nitrogens with zero attached hydrogens (tertiary/aromatic N) is 3. The minimum absolute atomic E-state index is 0.0965. The van der Waals surface area contributed by atoms with E-state index >= 15 is 0 Å². The zero-order chi connectivity index (χ0) is 21.8. The van der Waals surface area contributed by atoms with Crippen molar-refractivity contribution in [1.82, 2.24) is 9.78 Å². The lowest BCUT2D eigenvalue weighted by molar-refractivity contribution is -0.278. The fourth-order valence-electron chi connectivity index (χ4n) is 3.33. The summed E-state index contributed by atoms with van der Waals surface area (Å²) >= 11 is 0. The first kappa shape index (κ1) is 20.9. The maximum atomic E-state index is 14.0. The molecule has 1 aliphatic heterocycles. The van der Waals surface area contributed by atoms with E-state index in [1.54, 1.807) is 13.8 Å². The number of hydrogen-bond donors (Lipinski definition) is 0. The normalized spacial score (nSPS) is 19.8. The number of oxime groups is 1. The van der Waals surface area contributed by atoms with E-state index in [1.165, 1.54) is 12.1 Å². The molecule has 3 rings (SSSR count). The summed E-state index contributed by atoms with van der Waals surface area (Å²) in [5.41, 5.74) is -3.73. The summed E-state index contributed by atoms with van der Waals surface area (Å²) in [6.07, 6.45) is -10.2. The Morgan fingerprint density at radius 1 is 1.10 bits per heavy atom. The number of carbonyl (C=O) groups is 1. The Morgan fingerprint density at radius 2 is 1.69 bits per heavy atom. The van der Waals surface area contributed by atoms with E-state index in [1.807, 2.05) is 0 Å². The second kappa shape index (κ2) is 6.60. The molecular formula is C18H15F6N3O2. The molecule has 0 fully saturated rings. The average molecular weight is 419 g/mol. The van der Waals surface area contributed by atoms with E-state index in [0.717, 1.165) is 7.05 Å². The van der Waals surface area contributed by atoms with Crippen molar-refractivity contribution in [3.8, 4) is 0 Å². The van der Waals surface area contributed by atoms with Crippen LogP contribution in [-0.4, -0.2) is 28.0 Å². The Balaban J connectivity index is 2.07. The summed E-state index contributed by atoms with van der Waals surface area (Å²) in [4.78, 5) is 15.9. The van der Waals surface area contributed by atoms with Gasteiger partial charge in [0.25, 0.3) is 5.60 Å². The van der Waals surface area contributed by atoms with Crippen LogP contribution in [0.1, 0.15) is 44.9 Å². The first-order chi connectivity index (χ1) is 13.3. The van der Waals surface area contributed by atoms with Gasteiger partial charge >= 0.3 is 12.4 Å². The van der Waals surface area contributed by atoms with E-state index in [4.69, 9.17) is 4.84 Å². The fourth-order valence-corrected chi connectivity index (χ4v) is 3.33. The van der Waals surface area contributed by atoms with Gasteiger partial charge in [0.2, 0.25) is 0 Å². The third-order valence-corrected chi connectivity index (χ3v) is 4.81. The summed E-state index contributed by atoms with van der Waals surface area (Å²) in [7, 11) is 0.979. The molecule has 0 aliphatic carbocycles. The van der Waals surface area contributed by atoms with Crippen LogP contribution in [-0.2, 0) is 23.7 Å². The highest BCUT2D eigenvalue weighted by Gasteiger charge is 2.64. The van der Waals surface area contributed by atoms with Gasteiger partial charge in [-0.05, 0) is 43.2 Å². The molecule has 0 spiro atoms. The van der Waals surface area contributed by atoms with Gasteiger partial charge in [-0.15, -0.1) is 0 Å². The lowest BCUT2D eigenvalue weighted by Gasteiger charge is -2.28. The predicted molar refractivity (Wildman–Crippen MR) is 89.5 cm³/mol. The maximum Gasteiger partial charge on any atom is 0.437 e. The average Bonchev–Trinajstić information content (AvgIpc) is 3.18. The first-order valence-electron chi connectivity index (χ1n) is 8.30. The number of alkyl halides is 6. The molecule has 156 valence electrons. The van der Waals surface area contributed by atoms with Crippen molar-refractivity contribution < 1.29 is 36.0 Å². The van der Waals surface area contributed by atoms with Crippen LogP contribution in [0.2, 0.25) is 0 Å². The molecule has 1 aromatic carbocycles. The Labute approximate surface area is 160 Å². The number of benzene rings is 1. The third-order valence-electron chi connectivity index (χ3n) is 4.81. The van der Waals surface area contributed by atoms with Crippen molar-refractivity contribution in [3.05, 3.63) is 51.8 Å². The number of aromatic nitrogens is 2. The highest BCUT2D eigenvalue weighted by molar-refractivity contribution is 6.02. The summed E-state index contributed by atoms with van der Waals surface area (Å²) in [5, 5.41) is 6.69. The van der Waals surface area contributed by atoms with E-state index < -0.39 is 35.8 Å². The molecule has 1 unspecified atom stereocenters. The topological polar surface area (TPSA) is 56.5 Å². The van der Waals surface area contributed by atoms with Crippen molar-refractivity contribution in [2.24, 2.45) is 12.2 Å². The molecule has 29 heavy (non-hydrogen) atoms. The number of hydrogen-bond acceptors (Lipinski definition) is 4. The summed E-state index contributed by atoms with van der Waals surface area (Å²) in [6, 6.07) is 3.28. The van der Waals surface area contributed by atoms with Crippen LogP contribution >= 0.6 is 0 Å². The molecule has 0 saturated carbocycles. The molecule has 0 radical (unpaired) electrons. The van der Waals surface area contributed by atoms with Crippen LogP contribution in [0.25, 0.3) is 0 Å². The predicted octanol–water partition coefficient (Wildman–Crippen LogP) is 4.45. The quantitative estimate of drug-likeness (QED) is 0.546. The maximum absolute atomic E-state index is 14.0. The fraction of sp³-hybridized carbons (Fsp3) is 0.389.